The van der Waals surface area contributed by atoms with Gasteiger partial charge in [-0.1, -0.05) is 0 Å². The molecule has 4 aliphatic heterocycles. The van der Waals surface area contributed by atoms with E-state index in [-0.39, 0.29) is 119 Å². The van der Waals surface area contributed by atoms with Gasteiger partial charge in [0.15, 0.2) is 11.4 Å². The molecule has 0 bridgehead atoms. The second-order valence-corrected chi connectivity index (χ2v) is 28.4. The van der Waals surface area contributed by atoms with Gasteiger partial charge in [0.05, 0.1) is 39.4 Å². The minimum Gasteiger partial charge on any atom is -0.473 e. The SMILES string of the molecule is CCOC(=O)c1cc(-c2ccc(F)cc2F)c2c(n1)O[C@@H](CN(C)CC(F)(F)F)CC2.CCOC(=O)c1cc(-c2ccc(F)cc2F)c2c(n1)O[C@H](CN(C)CC(F)(F)F)CC2.CN(C[C@@H]1CCc2c(-c3ccc(F)cc3F)cc(C(N)=O)nc2O1)CC(F)(F)F.CN(C[C@H]1CCc2c(-c3ccc(F)cc3F)cc(C(N)=O)nc2O1)CC(F)(F)F. The summed E-state index contributed by atoms with van der Waals surface area (Å²) in [5.74, 6) is -9.52. The van der Waals surface area contributed by atoms with Crippen LogP contribution in [0.4, 0.5) is 87.8 Å². The Kier molecular flexibility index (Phi) is 30.5. The molecule has 0 saturated carbocycles. The summed E-state index contributed by atoms with van der Waals surface area (Å²) in [5.41, 5.74) is 13.3. The molecule has 2 amide bonds. The Morgan fingerprint density at radius 3 is 0.750 bits per heavy atom. The minimum absolute atomic E-state index is 0.00942. The number of nitrogens with two attached hydrogens (primary N) is 2. The standard InChI is InChI=1S/2C21H21F5N2O3.2C19H18F5N3O2/c2*1-3-30-20(29)18-9-16(14-6-4-12(22)8-17(14)23)15-7-5-13(31-19(15)27-18)10-28(2)11-21(24,25)26;2*1-27(9-19(22,23)24)8-11-3-5-13-14(12-4-2-10(20)6-15(12)21)7-16(17(25)28)26-18(13)29-11/h2*4,6,8-9,13H,3,5,7,10-11H2,1-2H3;2*2,4,6-7,11H,3,5,8-9H2,1H3,(H2,25,28)/t2*13-;2*11-/m1010/s1. The number of ether oxygens (including phenoxy) is 6. The summed E-state index contributed by atoms with van der Waals surface area (Å²) in [6, 6.07) is 17.5. The molecule has 8 aromatic rings. The number of primary amides is 2. The highest BCUT2D eigenvalue weighted by Crippen LogP contribution is 2.43. The minimum atomic E-state index is -4.34. The number of fused-ring (bicyclic) bond motifs is 4. The average Bonchev–Trinajstić information content (AvgIpc) is 0.781. The van der Waals surface area contributed by atoms with E-state index in [2.05, 4.69) is 19.9 Å². The molecule has 0 spiro atoms. The number of carbonyl (C=O) groups is 4. The van der Waals surface area contributed by atoms with Gasteiger partial charge in [-0.3, -0.25) is 29.2 Å². The van der Waals surface area contributed by atoms with Crippen LogP contribution in [0.2, 0.25) is 0 Å². The fraction of sp³-hybridized carbons (Fsp3) is 0.400. The zero-order chi connectivity index (χ0) is 88.2. The second-order valence-electron chi connectivity index (χ2n) is 28.4. The van der Waals surface area contributed by atoms with Gasteiger partial charge in [0.2, 0.25) is 23.5 Å². The number of hydrogen-bond acceptors (Lipinski definition) is 18. The largest absolute Gasteiger partial charge is 0.473 e. The topological polar surface area (TPSA) is 240 Å². The average molecular weight is 1720 g/mol. The number of hydrogen-bond donors (Lipinski definition) is 2. The summed E-state index contributed by atoms with van der Waals surface area (Å²) in [4.78, 5) is 68.5. The first kappa shape index (κ1) is 92.9. The molecule has 8 heterocycles. The third-order valence-corrected chi connectivity index (χ3v) is 18.5. The predicted molar refractivity (Wildman–Crippen MR) is 392 cm³/mol. The van der Waals surface area contributed by atoms with Crippen LogP contribution in [0.15, 0.2) is 97.1 Å². The smallest absolute Gasteiger partial charge is 0.401 e. The van der Waals surface area contributed by atoms with E-state index in [4.69, 9.17) is 39.9 Å². The maximum absolute atomic E-state index is 14.5. The number of carbonyl (C=O) groups excluding carboxylic acids is 4. The number of esters is 2. The summed E-state index contributed by atoms with van der Waals surface area (Å²) in [6.45, 7) is -1.03. The van der Waals surface area contributed by atoms with Crippen molar-refractivity contribution in [2.24, 2.45) is 11.5 Å². The zero-order valence-electron chi connectivity index (χ0n) is 64.6. The lowest BCUT2D eigenvalue weighted by atomic mass is 9.93. The van der Waals surface area contributed by atoms with Crippen molar-refractivity contribution in [3.05, 3.63) is 189 Å². The lowest BCUT2D eigenvalue weighted by molar-refractivity contribution is -0.146. The van der Waals surface area contributed by atoms with Crippen LogP contribution in [-0.4, -0.2) is 206 Å². The summed E-state index contributed by atoms with van der Waals surface area (Å²) in [7, 11) is 5.29. The Balaban J connectivity index is 0.000000182. The third kappa shape index (κ3) is 26.0. The first-order valence-corrected chi connectivity index (χ1v) is 36.8. The predicted octanol–water partition coefficient (Wildman–Crippen LogP) is 15.4. The number of nitrogens with zero attached hydrogens (tertiary/aromatic N) is 8. The fourth-order valence-electron chi connectivity index (χ4n) is 13.7. The number of rotatable bonds is 22. The van der Waals surface area contributed by atoms with Crippen molar-refractivity contribution in [1.29, 1.82) is 0 Å². The van der Waals surface area contributed by atoms with Crippen LogP contribution >= 0.6 is 0 Å². The van der Waals surface area contributed by atoms with Crippen molar-refractivity contribution < 1.29 is 135 Å². The molecule has 40 heteroatoms. The highest BCUT2D eigenvalue weighted by atomic mass is 19.4. The maximum Gasteiger partial charge on any atom is 0.401 e. The highest BCUT2D eigenvalue weighted by Gasteiger charge is 2.39. The van der Waals surface area contributed by atoms with Gasteiger partial charge in [-0.2, -0.15) is 52.7 Å². The van der Waals surface area contributed by atoms with Gasteiger partial charge < -0.3 is 39.9 Å². The Morgan fingerprint density at radius 1 is 0.350 bits per heavy atom. The van der Waals surface area contributed by atoms with Crippen LogP contribution < -0.4 is 30.4 Å². The molecule has 0 aliphatic carbocycles. The highest BCUT2D eigenvalue weighted by molar-refractivity contribution is 5.94. The number of likely N-dealkylation sites (N-methyl/N-ethyl adjacent to an activating group) is 4. The van der Waals surface area contributed by atoms with Crippen LogP contribution in [0.3, 0.4) is 0 Å². The first-order valence-electron chi connectivity index (χ1n) is 36.8. The van der Waals surface area contributed by atoms with Crippen molar-refractivity contribution in [3.8, 4) is 68.0 Å². The maximum atomic E-state index is 14.5. The van der Waals surface area contributed by atoms with Gasteiger partial charge >= 0.3 is 36.6 Å². The molecule has 0 unspecified atom stereocenters. The zero-order valence-corrected chi connectivity index (χ0v) is 64.6. The summed E-state index contributed by atoms with van der Waals surface area (Å²) in [5, 5.41) is 0. The van der Waals surface area contributed by atoms with Crippen molar-refractivity contribution in [1.82, 2.24) is 39.5 Å². The number of amides is 2. The number of aromatic nitrogens is 4. The molecule has 4 aliphatic rings. The molecule has 0 fully saturated rings. The number of benzene rings is 4. The van der Waals surface area contributed by atoms with E-state index >= 15 is 0 Å². The van der Waals surface area contributed by atoms with E-state index in [1.54, 1.807) is 13.8 Å². The normalized spacial score (nSPS) is 16.2. The molecule has 0 saturated heterocycles. The summed E-state index contributed by atoms with van der Waals surface area (Å²) < 4.78 is 295. The van der Waals surface area contributed by atoms with Crippen LogP contribution in [0.25, 0.3) is 44.5 Å². The summed E-state index contributed by atoms with van der Waals surface area (Å²) >= 11 is 0. The van der Waals surface area contributed by atoms with E-state index in [1.807, 2.05) is 0 Å². The molecule has 4 aromatic heterocycles. The van der Waals surface area contributed by atoms with Gasteiger partial charge in [0, 0.05) is 95.0 Å². The van der Waals surface area contributed by atoms with Crippen LogP contribution in [0.5, 0.6) is 23.5 Å². The second kappa shape index (κ2) is 39.5. The van der Waals surface area contributed by atoms with Crippen molar-refractivity contribution >= 4 is 23.8 Å². The first-order chi connectivity index (χ1) is 56.2. The quantitative estimate of drug-likeness (QED) is 0.0473. The van der Waals surface area contributed by atoms with Crippen molar-refractivity contribution in [2.75, 3.05) is 93.8 Å². The molecule has 20 nitrogen and oxygen atoms in total. The fourth-order valence-corrected chi connectivity index (χ4v) is 13.7. The van der Waals surface area contributed by atoms with Gasteiger partial charge in [0.1, 0.15) is 82.3 Å². The van der Waals surface area contributed by atoms with E-state index in [0.717, 1.165) is 56.0 Å². The number of pyridine rings is 4. The molecule has 4 atom stereocenters. The van der Waals surface area contributed by atoms with E-state index in [9.17, 15) is 107 Å². The van der Waals surface area contributed by atoms with Crippen LogP contribution in [-0.2, 0) is 35.2 Å². The molecule has 12 rings (SSSR count). The lowest BCUT2D eigenvalue weighted by Gasteiger charge is -2.30. The molecule has 4 aromatic carbocycles. The van der Waals surface area contributed by atoms with E-state index < -0.39 is 146 Å². The molecule has 0 radical (unpaired) electrons. The Hall–Kier alpha value is -11.0. The number of halogens is 20. The van der Waals surface area contributed by atoms with Gasteiger partial charge in [-0.05, 0) is 188 Å². The summed E-state index contributed by atoms with van der Waals surface area (Å²) in [6.07, 6.45) is -17.0. The van der Waals surface area contributed by atoms with Gasteiger partial charge in [0.25, 0.3) is 11.8 Å². The van der Waals surface area contributed by atoms with E-state index in [1.165, 1.54) is 76.7 Å². The van der Waals surface area contributed by atoms with Crippen LogP contribution in [0, 0.1) is 46.5 Å². The third-order valence-electron chi connectivity index (χ3n) is 18.5. The Labute approximate surface area is 672 Å². The Bertz CT molecular complexity index is 4710. The van der Waals surface area contributed by atoms with Crippen molar-refractivity contribution in [3.63, 3.8) is 0 Å². The number of alkyl halides is 12. The molecular formula is C80H78F20N10O10. The Morgan fingerprint density at radius 2 is 0.558 bits per heavy atom. The molecule has 648 valence electrons. The van der Waals surface area contributed by atoms with Crippen LogP contribution in [0.1, 0.15) is 104 Å². The van der Waals surface area contributed by atoms with E-state index in [0.29, 0.717) is 96.9 Å². The van der Waals surface area contributed by atoms with Gasteiger partial charge in [-0.25, -0.2) is 64.6 Å². The monoisotopic (exact) mass is 1720 g/mol. The molecule has 120 heavy (non-hydrogen) atoms. The molecular weight excluding hydrogens is 1640 g/mol. The lowest BCUT2D eigenvalue weighted by Crippen LogP contribution is -2.40. The van der Waals surface area contributed by atoms with Gasteiger partial charge in [-0.15, -0.1) is 0 Å². The van der Waals surface area contributed by atoms with Crippen molar-refractivity contribution in [2.45, 2.75) is 114 Å². The molecule has 4 N–H and O–H groups in total.